The molecule has 3 nitrogen and oxygen atoms in total. The van der Waals surface area contributed by atoms with Crippen molar-refractivity contribution in [1.29, 1.82) is 0 Å². The summed E-state index contributed by atoms with van der Waals surface area (Å²) in [6, 6.07) is 2.98. The van der Waals surface area contributed by atoms with Gasteiger partial charge in [0.2, 0.25) is 0 Å². The van der Waals surface area contributed by atoms with Gasteiger partial charge in [0.1, 0.15) is 5.75 Å². The van der Waals surface area contributed by atoms with E-state index in [1.165, 1.54) is 7.11 Å². The van der Waals surface area contributed by atoms with Gasteiger partial charge in [0.05, 0.1) is 12.1 Å². The highest BCUT2D eigenvalue weighted by atomic mass is 35.5. The summed E-state index contributed by atoms with van der Waals surface area (Å²) < 4.78 is 5.01. The predicted octanol–water partition coefficient (Wildman–Crippen LogP) is 2.38. The molecule has 1 atom stereocenters. The normalized spacial score (nSPS) is 12.6. The molecule has 0 spiro atoms. The fraction of sp³-hybridized carbons (Fsp3) is 0.400. The second-order valence-corrected chi connectivity index (χ2v) is 3.94. The zero-order chi connectivity index (χ0) is 11.4. The molecule has 0 aromatic heterocycles. The SMILES string of the molecule is COc1cc(Cl)c(C(N)CCO)cc1Cl. The van der Waals surface area contributed by atoms with Crippen LogP contribution in [0.15, 0.2) is 12.1 Å². The van der Waals surface area contributed by atoms with E-state index in [1.807, 2.05) is 0 Å². The van der Waals surface area contributed by atoms with Crippen LogP contribution in [-0.4, -0.2) is 18.8 Å². The van der Waals surface area contributed by atoms with Gasteiger partial charge in [0.25, 0.3) is 0 Å². The Balaban J connectivity index is 3.04. The van der Waals surface area contributed by atoms with E-state index in [0.29, 0.717) is 22.2 Å². The number of methoxy groups -OCH3 is 1. The maximum absolute atomic E-state index is 8.78. The quantitative estimate of drug-likeness (QED) is 0.862. The minimum absolute atomic E-state index is 0.0150. The van der Waals surface area contributed by atoms with Crippen molar-refractivity contribution in [3.8, 4) is 5.75 Å². The average Bonchev–Trinajstić information content (AvgIpc) is 2.21. The third-order valence-corrected chi connectivity index (χ3v) is 2.73. The van der Waals surface area contributed by atoms with Gasteiger partial charge in [-0.1, -0.05) is 23.2 Å². The molecule has 0 aliphatic carbocycles. The number of aliphatic hydroxyl groups excluding tert-OH is 1. The monoisotopic (exact) mass is 249 g/mol. The molecule has 84 valence electrons. The molecule has 15 heavy (non-hydrogen) atoms. The zero-order valence-electron chi connectivity index (χ0n) is 8.34. The fourth-order valence-corrected chi connectivity index (χ4v) is 1.82. The molecule has 0 aliphatic rings. The van der Waals surface area contributed by atoms with Crippen LogP contribution in [0.2, 0.25) is 10.0 Å². The lowest BCUT2D eigenvalue weighted by molar-refractivity contribution is 0.276. The van der Waals surface area contributed by atoms with Gasteiger partial charge in [0.15, 0.2) is 0 Å². The molecule has 0 saturated heterocycles. The van der Waals surface area contributed by atoms with Gasteiger partial charge in [-0.25, -0.2) is 0 Å². The van der Waals surface area contributed by atoms with Crippen LogP contribution in [0.4, 0.5) is 0 Å². The predicted molar refractivity (Wildman–Crippen MR) is 61.6 cm³/mol. The van der Waals surface area contributed by atoms with Crippen molar-refractivity contribution in [3.05, 3.63) is 27.7 Å². The van der Waals surface area contributed by atoms with Gasteiger partial charge in [-0.05, 0) is 18.1 Å². The Kier molecular flexibility index (Phi) is 4.67. The topological polar surface area (TPSA) is 55.5 Å². The lowest BCUT2D eigenvalue weighted by atomic mass is 10.0. The zero-order valence-corrected chi connectivity index (χ0v) is 9.85. The maximum Gasteiger partial charge on any atom is 0.138 e. The van der Waals surface area contributed by atoms with E-state index < -0.39 is 0 Å². The van der Waals surface area contributed by atoms with Crippen molar-refractivity contribution in [2.75, 3.05) is 13.7 Å². The summed E-state index contributed by atoms with van der Waals surface area (Å²) in [5.41, 5.74) is 6.54. The van der Waals surface area contributed by atoms with E-state index in [2.05, 4.69) is 0 Å². The number of rotatable bonds is 4. The van der Waals surface area contributed by atoms with E-state index in [1.54, 1.807) is 12.1 Å². The van der Waals surface area contributed by atoms with Gasteiger partial charge in [0, 0.05) is 23.7 Å². The van der Waals surface area contributed by atoms with Crippen LogP contribution in [0.1, 0.15) is 18.0 Å². The summed E-state index contributed by atoms with van der Waals surface area (Å²) in [7, 11) is 1.52. The molecule has 1 rings (SSSR count). The van der Waals surface area contributed by atoms with Crippen LogP contribution < -0.4 is 10.5 Å². The Hall–Kier alpha value is -0.480. The van der Waals surface area contributed by atoms with Crippen molar-refractivity contribution in [2.45, 2.75) is 12.5 Å². The number of ether oxygens (including phenoxy) is 1. The first-order chi connectivity index (χ1) is 7.10. The second kappa shape index (κ2) is 5.56. The van der Waals surface area contributed by atoms with Crippen LogP contribution >= 0.6 is 23.2 Å². The maximum atomic E-state index is 8.78. The van der Waals surface area contributed by atoms with E-state index >= 15 is 0 Å². The summed E-state index contributed by atoms with van der Waals surface area (Å²) in [6.07, 6.45) is 0.447. The minimum Gasteiger partial charge on any atom is -0.495 e. The standard InChI is InChI=1S/C10H13Cl2NO2/c1-15-10-5-7(11)6(4-8(10)12)9(13)2-3-14/h4-5,9,14H,2-3,13H2,1H3. The molecule has 0 radical (unpaired) electrons. The molecule has 1 aromatic carbocycles. The molecule has 0 bridgehead atoms. The van der Waals surface area contributed by atoms with Gasteiger partial charge in [-0.2, -0.15) is 0 Å². The van der Waals surface area contributed by atoms with Crippen molar-refractivity contribution in [3.63, 3.8) is 0 Å². The van der Waals surface area contributed by atoms with Gasteiger partial charge >= 0.3 is 0 Å². The summed E-state index contributed by atoms with van der Waals surface area (Å²) in [6.45, 7) is 0.0150. The number of hydrogen-bond donors (Lipinski definition) is 2. The molecule has 0 saturated carbocycles. The van der Waals surface area contributed by atoms with Crippen molar-refractivity contribution in [1.82, 2.24) is 0 Å². The first-order valence-electron chi connectivity index (χ1n) is 4.49. The Morgan fingerprint density at radius 1 is 1.40 bits per heavy atom. The molecule has 0 heterocycles. The molecule has 1 aromatic rings. The van der Waals surface area contributed by atoms with Gasteiger partial charge in [-0.3, -0.25) is 0 Å². The smallest absolute Gasteiger partial charge is 0.138 e. The fourth-order valence-electron chi connectivity index (χ4n) is 1.28. The number of benzene rings is 1. The number of aliphatic hydroxyl groups is 1. The number of halogens is 2. The Bertz CT molecular complexity index is 344. The summed E-state index contributed by atoms with van der Waals surface area (Å²) in [5.74, 6) is 0.515. The van der Waals surface area contributed by atoms with Crippen molar-refractivity contribution in [2.24, 2.45) is 5.73 Å². The third-order valence-electron chi connectivity index (χ3n) is 2.11. The lowest BCUT2D eigenvalue weighted by Gasteiger charge is -2.14. The van der Waals surface area contributed by atoms with Crippen LogP contribution in [0.3, 0.4) is 0 Å². The molecule has 3 N–H and O–H groups in total. The molecule has 0 amide bonds. The van der Waals surface area contributed by atoms with Crippen LogP contribution in [0.5, 0.6) is 5.75 Å². The largest absolute Gasteiger partial charge is 0.495 e. The first kappa shape index (κ1) is 12.6. The molecular formula is C10H13Cl2NO2. The van der Waals surface area contributed by atoms with Gasteiger partial charge < -0.3 is 15.6 Å². The number of hydrogen-bond acceptors (Lipinski definition) is 3. The molecule has 0 fully saturated rings. The minimum atomic E-state index is -0.314. The Morgan fingerprint density at radius 2 is 2.07 bits per heavy atom. The molecule has 5 heteroatoms. The summed E-state index contributed by atoms with van der Waals surface area (Å²) >= 11 is 12.0. The van der Waals surface area contributed by atoms with Crippen LogP contribution in [-0.2, 0) is 0 Å². The summed E-state index contributed by atoms with van der Waals surface area (Å²) in [4.78, 5) is 0. The molecular weight excluding hydrogens is 237 g/mol. The average molecular weight is 250 g/mol. The molecule has 1 unspecified atom stereocenters. The Labute approximate surface area is 98.7 Å². The van der Waals surface area contributed by atoms with Crippen molar-refractivity contribution >= 4 is 23.2 Å². The van der Waals surface area contributed by atoms with Crippen molar-refractivity contribution < 1.29 is 9.84 Å². The van der Waals surface area contributed by atoms with Crippen LogP contribution in [0.25, 0.3) is 0 Å². The van der Waals surface area contributed by atoms with Crippen LogP contribution in [0, 0.1) is 0 Å². The molecule has 0 aliphatic heterocycles. The highest BCUT2D eigenvalue weighted by Crippen LogP contribution is 2.33. The lowest BCUT2D eigenvalue weighted by Crippen LogP contribution is -2.12. The highest BCUT2D eigenvalue weighted by Gasteiger charge is 2.13. The number of nitrogens with two attached hydrogens (primary N) is 1. The Morgan fingerprint density at radius 3 is 2.60 bits per heavy atom. The van der Waals surface area contributed by atoms with Gasteiger partial charge in [-0.15, -0.1) is 0 Å². The summed E-state index contributed by atoms with van der Waals surface area (Å²) in [5, 5.41) is 9.74. The van der Waals surface area contributed by atoms with E-state index in [0.717, 1.165) is 5.56 Å². The highest BCUT2D eigenvalue weighted by molar-refractivity contribution is 6.34. The first-order valence-corrected chi connectivity index (χ1v) is 5.25. The third kappa shape index (κ3) is 2.98. The van der Waals surface area contributed by atoms with E-state index in [4.69, 9.17) is 38.8 Å². The van der Waals surface area contributed by atoms with E-state index in [9.17, 15) is 0 Å². The second-order valence-electron chi connectivity index (χ2n) is 3.13. The van der Waals surface area contributed by atoms with E-state index in [-0.39, 0.29) is 12.6 Å².